The minimum Gasteiger partial charge on any atom is -0.311 e. The number of rotatable bonds is 1. The van der Waals surface area contributed by atoms with Crippen LogP contribution in [0.1, 0.15) is 33.1 Å². The Labute approximate surface area is 63.2 Å². The summed E-state index contributed by atoms with van der Waals surface area (Å²) in [5, 5.41) is 3.57. The summed E-state index contributed by atoms with van der Waals surface area (Å²) < 4.78 is 0. The van der Waals surface area contributed by atoms with E-state index < -0.39 is 0 Å². The second-order valence-corrected chi connectivity index (χ2v) is 4.57. The van der Waals surface area contributed by atoms with Crippen LogP contribution < -0.4 is 5.32 Å². The first-order valence-electron chi connectivity index (χ1n) is 4.42. The highest BCUT2D eigenvalue weighted by Gasteiger charge is 2.39. The van der Waals surface area contributed by atoms with E-state index in [9.17, 15) is 0 Å². The lowest BCUT2D eigenvalue weighted by Gasteiger charge is -2.16. The van der Waals surface area contributed by atoms with Crippen LogP contribution in [-0.4, -0.2) is 12.1 Å². The normalized spacial score (nSPS) is 38.4. The van der Waals surface area contributed by atoms with Gasteiger partial charge in [-0.2, -0.15) is 0 Å². The van der Waals surface area contributed by atoms with Gasteiger partial charge in [0, 0.05) is 5.54 Å². The lowest BCUT2D eigenvalue weighted by molar-refractivity contribution is 0.425. The number of hydrogen-bond acceptors (Lipinski definition) is 1. The Kier molecular flexibility index (Phi) is 1.31. The first-order chi connectivity index (χ1) is 4.67. The Hall–Kier alpha value is -0.0400. The maximum atomic E-state index is 3.57. The van der Waals surface area contributed by atoms with E-state index >= 15 is 0 Å². The van der Waals surface area contributed by atoms with E-state index in [0.717, 1.165) is 11.8 Å². The quantitative estimate of drug-likeness (QED) is 0.584. The third kappa shape index (κ3) is 1.20. The van der Waals surface area contributed by atoms with Gasteiger partial charge in [-0.05, 0) is 51.5 Å². The maximum absolute atomic E-state index is 3.57. The van der Waals surface area contributed by atoms with E-state index in [4.69, 9.17) is 0 Å². The molecule has 1 nitrogen and oxygen atoms in total. The van der Waals surface area contributed by atoms with Crippen LogP contribution in [0.15, 0.2) is 0 Å². The molecule has 1 heteroatoms. The average molecular weight is 139 g/mol. The molecule has 1 aliphatic heterocycles. The fraction of sp³-hybridized carbons (Fsp3) is 1.00. The van der Waals surface area contributed by atoms with Gasteiger partial charge in [-0.1, -0.05) is 0 Å². The zero-order valence-electron chi connectivity index (χ0n) is 6.98. The van der Waals surface area contributed by atoms with Crippen molar-refractivity contribution < 1.29 is 0 Å². The van der Waals surface area contributed by atoms with E-state index in [0.29, 0.717) is 5.54 Å². The Morgan fingerprint density at radius 2 is 1.90 bits per heavy atom. The van der Waals surface area contributed by atoms with Gasteiger partial charge < -0.3 is 5.32 Å². The van der Waals surface area contributed by atoms with E-state index in [2.05, 4.69) is 19.2 Å². The summed E-state index contributed by atoms with van der Waals surface area (Å²) in [6, 6.07) is 0. The summed E-state index contributed by atoms with van der Waals surface area (Å²) in [6.45, 7) is 5.91. The Morgan fingerprint density at radius 1 is 1.20 bits per heavy atom. The van der Waals surface area contributed by atoms with Crippen LogP contribution >= 0.6 is 0 Å². The zero-order chi connectivity index (χ0) is 7.19. The molecule has 1 aliphatic carbocycles. The highest BCUT2D eigenvalue weighted by Crippen LogP contribution is 2.42. The van der Waals surface area contributed by atoms with Crippen molar-refractivity contribution in [3.63, 3.8) is 0 Å². The molecule has 58 valence electrons. The van der Waals surface area contributed by atoms with Crippen LogP contribution in [0.25, 0.3) is 0 Å². The summed E-state index contributed by atoms with van der Waals surface area (Å²) in [5.74, 6) is 2.10. The third-order valence-corrected chi connectivity index (χ3v) is 2.90. The van der Waals surface area contributed by atoms with E-state index in [1.807, 2.05) is 0 Å². The molecule has 1 saturated heterocycles. The maximum Gasteiger partial charge on any atom is 0.0128 e. The van der Waals surface area contributed by atoms with Gasteiger partial charge in [0.1, 0.15) is 0 Å². The zero-order valence-corrected chi connectivity index (χ0v) is 6.98. The van der Waals surface area contributed by atoms with Gasteiger partial charge in [0.05, 0.1) is 0 Å². The van der Waals surface area contributed by atoms with Crippen LogP contribution in [0.5, 0.6) is 0 Å². The van der Waals surface area contributed by atoms with Gasteiger partial charge in [0.15, 0.2) is 0 Å². The molecule has 2 rings (SSSR count). The van der Waals surface area contributed by atoms with Crippen molar-refractivity contribution in [1.82, 2.24) is 5.32 Å². The molecule has 0 spiro atoms. The second kappa shape index (κ2) is 1.97. The largest absolute Gasteiger partial charge is 0.311 e. The summed E-state index contributed by atoms with van der Waals surface area (Å²) in [7, 11) is 0. The molecular weight excluding hydrogens is 122 g/mol. The van der Waals surface area contributed by atoms with Gasteiger partial charge >= 0.3 is 0 Å². The summed E-state index contributed by atoms with van der Waals surface area (Å²) in [6.07, 6.45) is 4.41. The molecular formula is C9H17N. The van der Waals surface area contributed by atoms with Crippen LogP contribution in [0, 0.1) is 11.8 Å². The van der Waals surface area contributed by atoms with Gasteiger partial charge in [0.25, 0.3) is 0 Å². The van der Waals surface area contributed by atoms with Crippen molar-refractivity contribution in [3.8, 4) is 0 Å². The first kappa shape index (κ1) is 6.66. The van der Waals surface area contributed by atoms with Crippen molar-refractivity contribution in [2.45, 2.75) is 38.6 Å². The van der Waals surface area contributed by atoms with Crippen molar-refractivity contribution in [2.75, 3.05) is 6.54 Å². The number of hydrogen-bond donors (Lipinski definition) is 1. The highest BCUT2D eigenvalue weighted by atomic mass is 15.0. The Morgan fingerprint density at radius 3 is 2.30 bits per heavy atom. The Bertz CT molecular complexity index is 136. The Balaban J connectivity index is 1.92. The standard InChI is InChI=1S/C9H17N/c1-9(2)5-8(6-10-9)7-3-4-7/h7-8,10H,3-6H2,1-2H3. The average Bonchev–Trinajstić information content (AvgIpc) is 2.59. The summed E-state index contributed by atoms with van der Waals surface area (Å²) in [4.78, 5) is 0. The summed E-state index contributed by atoms with van der Waals surface area (Å²) >= 11 is 0. The lowest BCUT2D eigenvalue weighted by atomic mass is 9.94. The van der Waals surface area contributed by atoms with E-state index in [1.54, 1.807) is 0 Å². The molecule has 10 heavy (non-hydrogen) atoms. The minimum absolute atomic E-state index is 0.438. The minimum atomic E-state index is 0.438. The number of nitrogens with one attached hydrogen (secondary N) is 1. The fourth-order valence-electron chi connectivity index (χ4n) is 2.11. The fourth-order valence-corrected chi connectivity index (χ4v) is 2.11. The van der Waals surface area contributed by atoms with Crippen LogP contribution in [0.3, 0.4) is 0 Å². The summed E-state index contributed by atoms with van der Waals surface area (Å²) in [5.41, 5.74) is 0.438. The molecule has 1 unspecified atom stereocenters. The van der Waals surface area contributed by atoms with E-state index in [-0.39, 0.29) is 0 Å². The molecule has 0 aromatic rings. The molecule has 0 amide bonds. The molecule has 1 atom stereocenters. The van der Waals surface area contributed by atoms with Gasteiger partial charge in [-0.15, -0.1) is 0 Å². The molecule has 2 fully saturated rings. The third-order valence-electron chi connectivity index (χ3n) is 2.90. The molecule has 0 aromatic heterocycles. The molecule has 0 radical (unpaired) electrons. The van der Waals surface area contributed by atoms with Gasteiger partial charge in [-0.25, -0.2) is 0 Å². The lowest BCUT2D eigenvalue weighted by Crippen LogP contribution is -2.31. The highest BCUT2D eigenvalue weighted by molar-refractivity contribution is 4.95. The van der Waals surface area contributed by atoms with Crippen molar-refractivity contribution in [2.24, 2.45) is 11.8 Å². The monoisotopic (exact) mass is 139 g/mol. The molecule has 2 aliphatic rings. The molecule has 0 aromatic carbocycles. The van der Waals surface area contributed by atoms with Gasteiger partial charge in [-0.3, -0.25) is 0 Å². The van der Waals surface area contributed by atoms with Gasteiger partial charge in [0.2, 0.25) is 0 Å². The van der Waals surface area contributed by atoms with Crippen LogP contribution in [-0.2, 0) is 0 Å². The smallest absolute Gasteiger partial charge is 0.0128 e. The van der Waals surface area contributed by atoms with Crippen molar-refractivity contribution in [3.05, 3.63) is 0 Å². The van der Waals surface area contributed by atoms with Crippen molar-refractivity contribution in [1.29, 1.82) is 0 Å². The second-order valence-electron chi connectivity index (χ2n) is 4.57. The first-order valence-corrected chi connectivity index (χ1v) is 4.42. The molecule has 1 N–H and O–H groups in total. The topological polar surface area (TPSA) is 12.0 Å². The van der Waals surface area contributed by atoms with E-state index in [1.165, 1.54) is 25.8 Å². The molecule has 0 bridgehead atoms. The predicted molar refractivity (Wildman–Crippen MR) is 42.9 cm³/mol. The molecule has 1 saturated carbocycles. The predicted octanol–water partition coefficient (Wildman–Crippen LogP) is 1.78. The molecule has 1 heterocycles. The van der Waals surface area contributed by atoms with Crippen molar-refractivity contribution >= 4 is 0 Å². The van der Waals surface area contributed by atoms with Crippen LogP contribution in [0.4, 0.5) is 0 Å². The SMILES string of the molecule is CC1(C)CC(C2CC2)CN1. The van der Waals surface area contributed by atoms with Crippen LogP contribution in [0.2, 0.25) is 0 Å².